The molecule has 4 unspecified atom stereocenters. The third-order valence-electron chi connectivity index (χ3n) is 4.95. The number of carbonyl (C=O) groups excluding carboxylic acids is 1. The van der Waals surface area contributed by atoms with Crippen LogP contribution in [0.2, 0.25) is 0 Å². The van der Waals surface area contributed by atoms with Gasteiger partial charge in [0, 0.05) is 18.9 Å². The van der Waals surface area contributed by atoms with Crippen LogP contribution in [0.1, 0.15) is 57.8 Å². The Morgan fingerprint density at radius 3 is 2.71 bits per heavy atom. The van der Waals surface area contributed by atoms with Gasteiger partial charge in [0.15, 0.2) is 6.29 Å². The van der Waals surface area contributed by atoms with Crippen molar-refractivity contribution >= 4 is 5.97 Å². The van der Waals surface area contributed by atoms with Crippen molar-refractivity contribution in [3.63, 3.8) is 0 Å². The third kappa shape index (κ3) is 6.31. The number of aliphatic hydroxyl groups excluding tert-OH is 1. The van der Waals surface area contributed by atoms with E-state index in [4.69, 9.17) is 14.2 Å². The second-order valence-electron chi connectivity index (χ2n) is 6.72. The van der Waals surface area contributed by atoms with Crippen molar-refractivity contribution in [1.82, 2.24) is 0 Å². The summed E-state index contributed by atoms with van der Waals surface area (Å²) in [7, 11) is 1.42. The summed E-state index contributed by atoms with van der Waals surface area (Å²) in [4.78, 5) is 11.0. The van der Waals surface area contributed by atoms with Gasteiger partial charge in [-0.15, -0.1) is 0 Å². The Balaban J connectivity index is 1.61. The first-order chi connectivity index (χ1) is 11.7. The van der Waals surface area contributed by atoms with Crippen LogP contribution in [0, 0.1) is 5.92 Å². The van der Waals surface area contributed by atoms with Gasteiger partial charge >= 0.3 is 5.97 Å². The molecule has 0 aromatic carbocycles. The van der Waals surface area contributed by atoms with E-state index in [2.05, 4.69) is 4.74 Å². The smallest absolute Gasteiger partial charge is 0.305 e. The molecular weight excluding hydrogens is 312 g/mol. The maximum atomic E-state index is 11.0. The molecule has 140 valence electrons. The van der Waals surface area contributed by atoms with Gasteiger partial charge in [-0.2, -0.15) is 0 Å². The molecule has 0 spiro atoms. The lowest BCUT2D eigenvalue weighted by Gasteiger charge is -2.28. The molecule has 2 aliphatic rings. The van der Waals surface area contributed by atoms with Gasteiger partial charge in [-0.3, -0.25) is 4.79 Å². The molecule has 0 aromatic rings. The van der Waals surface area contributed by atoms with Crippen molar-refractivity contribution < 1.29 is 28.8 Å². The number of unbranched alkanes of at least 4 members (excludes halogenated alkanes) is 3. The van der Waals surface area contributed by atoms with E-state index in [1.54, 1.807) is 0 Å². The van der Waals surface area contributed by atoms with Crippen molar-refractivity contribution in [2.45, 2.75) is 76.3 Å². The lowest BCUT2D eigenvalue weighted by Crippen LogP contribution is -2.35. The van der Waals surface area contributed by atoms with Gasteiger partial charge in [0.05, 0.1) is 32.5 Å². The zero-order valence-corrected chi connectivity index (χ0v) is 14.8. The lowest BCUT2D eigenvalue weighted by molar-refractivity contribution is -0.195. The van der Waals surface area contributed by atoms with Crippen molar-refractivity contribution in [2.24, 2.45) is 5.92 Å². The predicted octanol–water partition coefficient (Wildman–Crippen LogP) is 2.42. The Morgan fingerprint density at radius 2 is 2.00 bits per heavy atom. The molecule has 2 aliphatic heterocycles. The van der Waals surface area contributed by atoms with Gasteiger partial charge in [0.1, 0.15) is 0 Å². The van der Waals surface area contributed by atoms with Crippen LogP contribution in [0.5, 0.6) is 0 Å². The summed E-state index contributed by atoms with van der Waals surface area (Å²) in [6.45, 7) is 1.39. The highest BCUT2D eigenvalue weighted by molar-refractivity contribution is 5.68. The van der Waals surface area contributed by atoms with E-state index >= 15 is 0 Å². The first-order valence-electron chi connectivity index (χ1n) is 9.31. The molecule has 2 saturated heterocycles. The van der Waals surface area contributed by atoms with E-state index in [1.165, 1.54) is 7.11 Å². The Hall–Kier alpha value is -0.690. The third-order valence-corrected chi connectivity index (χ3v) is 4.95. The number of aliphatic hydroxyl groups is 1. The molecule has 4 atom stereocenters. The number of rotatable bonds is 10. The molecule has 0 saturated carbocycles. The van der Waals surface area contributed by atoms with Gasteiger partial charge in [0.25, 0.3) is 0 Å². The van der Waals surface area contributed by atoms with E-state index < -0.39 is 0 Å². The van der Waals surface area contributed by atoms with Gasteiger partial charge in [-0.25, -0.2) is 0 Å². The summed E-state index contributed by atoms with van der Waals surface area (Å²) in [5, 5.41) is 9.71. The minimum Gasteiger partial charge on any atom is -0.469 e. The Labute approximate surface area is 144 Å². The molecule has 0 bridgehead atoms. The van der Waals surface area contributed by atoms with E-state index in [-0.39, 0.29) is 37.0 Å². The summed E-state index contributed by atoms with van der Waals surface area (Å²) >= 11 is 0. The standard InChI is InChI=1S/C18H32O6/c1-21-17(20)9-5-3-2-4-8-15-14(12-19)16(13-23-15)24-18-10-6-7-11-22-18/h14-16,18-19H,2-13H2,1H3. The molecule has 0 radical (unpaired) electrons. The highest BCUT2D eigenvalue weighted by Gasteiger charge is 2.38. The molecule has 2 heterocycles. The van der Waals surface area contributed by atoms with Crippen molar-refractivity contribution in [3.05, 3.63) is 0 Å². The van der Waals surface area contributed by atoms with E-state index in [1.807, 2.05) is 0 Å². The average Bonchev–Trinajstić information content (AvgIpc) is 3.00. The number of esters is 1. The van der Waals surface area contributed by atoms with Gasteiger partial charge in [0.2, 0.25) is 0 Å². The maximum absolute atomic E-state index is 11.0. The average molecular weight is 344 g/mol. The number of carbonyl (C=O) groups is 1. The second-order valence-corrected chi connectivity index (χ2v) is 6.72. The van der Waals surface area contributed by atoms with Gasteiger partial charge in [-0.1, -0.05) is 19.3 Å². The molecule has 6 heteroatoms. The molecule has 24 heavy (non-hydrogen) atoms. The fraction of sp³-hybridized carbons (Fsp3) is 0.944. The summed E-state index contributed by atoms with van der Waals surface area (Å²) in [6, 6.07) is 0. The number of hydrogen-bond acceptors (Lipinski definition) is 6. The van der Waals surface area contributed by atoms with Crippen molar-refractivity contribution in [1.29, 1.82) is 0 Å². The van der Waals surface area contributed by atoms with Gasteiger partial charge < -0.3 is 24.1 Å². The molecule has 2 fully saturated rings. The minimum atomic E-state index is -0.140. The normalized spacial score (nSPS) is 30.4. The van der Waals surface area contributed by atoms with Crippen LogP contribution < -0.4 is 0 Å². The zero-order valence-electron chi connectivity index (χ0n) is 14.8. The molecule has 2 rings (SSSR count). The number of hydrogen-bond donors (Lipinski definition) is 1. The minimum absolute atomic E-state index is 0.0330. The van der Waals surface area contributed by atoms with Crippen LogP contribution in [0.25, 0.3) is 0 Å². The van der Waals surface area contributed by atoms with Crippen LogP contribution in [0.15, 0.2) is 0 Å². The molecule has 0 aromatic heterocycles. The van der Waals surface area contributed by atoms with Crippen LogP contribution in [-0.4, -0.2) is 56.5 Å². The topological polar surface area (TPSA) is 74.2 Å². The van der Waals surface area contributed by atoms with Crippen LogP contribution >= 0.6 is 0 Å². The Bertz CT molecular complexity index is 355. The molecular formula is C18H32O6. The van der Waals surface area contributed by atoms with Gasteiger partial charge in [-0.05, 0) is 32.1 Å². The molecule has 1 N–H and O–H groups in total. The quantitative estimate of drug-likeness (QED) is 0.485. The van der Waals surface area contributed by atoms with Crippen LogP contribution in [-0.2, 0) is 23.7 Å². The maximum Gasteiger partial charge on any atom is 0.305 e. The van der Waals surface area contributed by atoms with Crippen molar-refractivity contribution in [2.75, 3.05) is 26.9 Å². The summed E-state index contributed by atoms with van der Waals surface area (Å²) in [5.74, 6) is -0.106. The molecule has 0 amide bonds. The largest absolute Gasteiger partial charge is 0.469 e. The SMILES string of the molecule is COC(=O)CCCCCCC1OCC(OC2CCCCO2)C1CO. The van der Waals surface area contributed by atoms with E-state index in [0.29, 0.717) is 13.0 Å². The van der Waals surface area contributed by atoms with E-state index in [9.17, 15) is 9.90 Å². The predicted molar refractivity (Wildman–Crippen MR) is 88.5 cm³/mol. The summed E-state index contributed by atoms with van der Waals surface area (Å²) < 4.78 is 22.1. The fourth-order valence-electron chi connectivity index (χ4n) is 3.46. The fourth-order valence-corrected chi connectivity index (χ4v) is 3.46. The number of methoxy groups -OCH3 is 1. The van der Waals surface area contributed by atoms with E-state index in [0.717, 1.165) is 58.0 Å². The van der Waals surface area contributed by atoms with Crippen molar-refractivity contribution in [3.8, 4) is 0 Å². The summed E-state index contributed by atoms with van der Waals surface area (Å²) in [5.41, 5.74) is 0. The lowest BCUT2D eigenvalue weighted by atomic mass is 9.95. The molecule has 0 aliphatic carbocycles. The second kappa shape index (κ2) is 11.0. The van der Waals surface area contributed by atoms with Crippen LogP contribution in [0.4, 0.5) is 0 Å². The first-order valence-corrected chi connectivity index (χ1v) is 9.31. The monoisotopic (exact) mass is 344 g/mol. The highest BCUT2D eigenvalue weighted by Crippen LogP contribution is 2.30. The highest BCUT2D eigenvalue weighted by atomic mass is 16.7. The zero-order chi connectivity index (χ0) is 17.2. The van der Waals surface area contributed by atoms with Crippen LogP contribution in [0.3, 0.4) is 0 Å². The summed E-state index contributed by atoms with van der Waals surface area (Å²) in [6.07, 6.45) is 8.42. The Morgan fingerprint density at radius 1 is 1.17 bits per heavy atom. The number of ether oxygens (including phenoxy) is 4. The molecule has 6 nitrogen and oxygen atoms in total. The first kappa shape index (κ1) is 19.6. The Kier molecular flexibility index (Phi) is 9.02.